The number of halogens is 2. The molecule has 0 bridgehead atoms. The summed E-state index contributed by atoms with van der Waals surface area (Å²) in [6.07, 6.45) is 1.77. The van der Waals surface area contributed by atoms with Gasteiger partial charge in [-0.25, -0.2) is 9.37 Å². The van der Waals surface area contributed by atoms with Crippen LogP contribution in [-0.2, 0) is 0 Å². The van der Waals surface area contributed by atoms with Crippen molar-refractivity contribution in [2.24, 2.45) is 0 Å². The van der Waals surface area contributed by atoms with Gasteiger partial charge in [-0.3, -0.25) is 0 Å². The smallest absolute Gasteiger partial charge is 0.125 e. The van der Waals surface area contributed by atoms with Crippen LogP contribution in [-0.4, -0.2) is 17.3 Å². The van der Waals surface area contributed by atoms with E-state index in [2.05, 4.69) is 26.2 Å². The van der Waals surface area contributed by atoms with Crippen LogP contribution in [0.1, 0.15) is 0 Å². The predicted octanol–water partition coefficient (Wildman–Crippen LogP) is 4.19. The molecule has 0 aliphatic heterocycles. The Bertz CT molecular complexity index is 522. The maximum Gasteiger partial charge on any atom is 0.125 e. The van der Waals surface area contributed by atoms with Crippen molar-refractivity contribution in [2.75, 3.05) is 17.6 Å². The van der Waals surface area contributed by atoms with Crippen molar-refractivity contribution in [3.63, 3.8) is 0 Å². The minimum absolute atomic E-state index is 0.222. The molecule has 0 aliphatic rings. The zero-order valence-electron chi connectivity index (χ0n) is 9.57. The van der Waals surface area contributed by atoms with Gasteiger partial charge in [-0.05, 0) is 46.3 Å². The van der Waals surface area contributed by atoms with Crippen molar-refractivity contribution in [1.29, 1.82) is 0 Å². The molecular formula is C13H12BrFN2S. The fourth-order valence-electron chi connectivity index (χ4n) is 1.42. The average molecular weight is 327 g/mol. The van der Waals surface area contributed by atoms with Crippen LogP contribution in [0.15, 0.2) is 52.1 Å². The van der Waals surface area contributed by atoms with Crippen molar-refractivity contribution < 1.29 is 4.39 Å². The Morgan fingerprint density at radius 1 is 1.28 bits per heavy atom. The molecule has 0 unspecified atom stereocenters. The van der Waals surface area contributed by atoms with Crippen molar-refractivity contribution in [3.05, 3.63) is 52.9 Å². The molecule has 0 spiro atoms. The van der Waals surface area contributed by atoms with E-state index in [1.165, 1.54) is 12.1 Å². The van der Waals surface area contributed by atoms with E-state index in [0.29, 0.717) is 0 Å². The fourth-order valence-corrected chi connectivity index (χ4v) is 2.76. The lowest BCUT2D eigenvalue weighted by molar-refractivity contribution is 0.628. The largest absolute Gasteiger partial charge is 0.384 e. The predicted molar refractivity (Wildman–Crippen MR) is 77.6 cm³/mol. The topological polar surface area (TPSA) is 24.9 Å². The standard InChI is InChI=1S/C13H12BrFN2S/c14-12-5-2-6-17-13(12)18-8-7-16-11-4-1-3-10(15)9-11/h1-6,9,16H,7-8H2. The molecule has 1 N–H and O–H groups in total. The minimum atomic E-state index is -0.222. The number of aromatic nitrogens is 1. The van der Waals surface area contributed by atoms with Crippen molar-refractivity contribution >= 4 is 33.4 Å². The molecule has 0 amide bonds. The fraction of sp³-hybridized carbons (Fsp3) is 0.154. The number of hydrogen-bond acceptors (Lipinski definition) is 3. The van der Waals surface area contributed by atoms with Crippen LogP contribution >= 0.6 is 27.7 Å². The molecule has 0 saturated heterocycles. The van der Waals surface area contributed by atoms with Gasteiger partial charge in [0.2, 0.25) is 0 Å². The Morgan fingerprint density at radius 3 is 2.94 bits per heavy atom. The molecule has 0 saturated carbocycles. The molecule has 0 fully saturated rings. The molecule has 0 radical (unpaired) electrons. The van der Waals surface area contributed by atoms with E-state index < -0.39 is 0 Å². The molecule has 94 valence electrons. The second-order valence-electron chi connectivity index (χ2n) is 3.58. The maximum atomic E-state index is 12.9. The highest BCUT2D eigenvalue weighted by Gasteiger charge is 2.00. The number of hydrogen-bond donors (Lipinski definition) is 1. The van der Waals surface area contributed by atoms with Crippen molar-refractivity contribution in [3.8, 4) is 0 Å². The molecule has 0 atom stereocenters. The van der Waals surface area contributed by atoms with Crippen LogP contribution in [0.5, 0.6) is 0 Å². The highest BCUT2D eigenvalue weighted by molar-refractivity contribution is 9.10. The van der Waals surface area contributed by atoms with Crippen LogP contribution < -0.4 is 5.32 Å². The molecule has 2 rings (SSSR count). The van der Waals surface area contributed by atoms with Gasteiger partial charge in [-0.15, -0.1) is 11.8 Å². The van der Waals surface area contributed by atoms with Gasteiger partial charge in [0.25, 0.3) is 0 Å². The van der Waals surface area contributed by atoms with E-state index in [-0.39, 0.29) is 5.82 Å². The third kappa shape index (κ3) is 3.99. The third-order valence-electron chi connectivity index (χ3n) is 2.22. The number of anilines is 1. The Labute approximate surface area is 118 Å². The van der Waals surface area contributed by atoms with Gasteiger partial charge in [0.1, 0.15) is 10.8 Å². The lowest BCUT2D eigenvalue weighted by Crippen LogP contribution is -2.04. The molecule has 2 nitrogen and oxygen atoms in total. The molecule has 1 aromatic carbocycles. The summed E-state index contributed by atoms with van der Waals surface area (Å²) in [7, 11) is 0. The zero-order chi connectivity index (χ0) is 12.8. The van der Waals surface area contributed by atoms with Crippen LogP contribution in [0.2, 0.25) is 0 Å². The lowest BCUT2D eigenvalue weighted by Gasteiger charge is -2.06. The number of nitrogens with one attached hydrogen (secondary N) is 1. The van der Waals surface area contributed by atoms with E-state index in [4.69, 9.17) is 0 Å². The van der Waals surface area contributed by atoms with Gasteiger partial charge >= 0.3 is 0 Å². The van der Waals surface area contributed by atoms with Crippen molar-refractivity contribution in [2.45, 2.75) is 5.03 Å². The first kappa shape index (κ1) is 13.4. The zero-order valence-corrected chi connectivity index (χ0v) is 12.0. The summed E-state index contributed by atoms with van der Waals surface area (Å²) < 4.78 is 13.9. The second-order valence-corrected chi connectivity index (χ2v) is 5.51. The molecular weight excluding hydrogens is 315 g/mol. The lowest BCUT2D eigenvalue weighted by atomic mass is 10.3. The Morgan fingerprint density at radius 2 is 2.17 bits per heavy atom. The van der Waals surface area contributed by atoms with Crippen molar-refractivity contribution in [1.82, 2.24) is 4.98 Å². The third-order valence-corrected chi connectivity index (χ3v) is 4.13. The van der Waals surface area contributed by atoms with Crippen LogP contribution in [0, 0.1) is 5.82 Å². The van der Waals surface area contributed by atoms with E-state index in [9.17, 15) is 4.39 Å². The van der Waals surface area contributed by atoms with Gasteiger partial charge in [-0.1, -0.05) is 6.07 Å². The van der Waals surface area contributed by atoms with E-state index in [1.54, 1.807) is 24.0 Å². The quantitative estimate of drug-likeness (QED) is 0.658. The monoisotopic (exact) mass is 326 g/mol. The normalized spacial score (nSPS) is 10.3. The van der Waals surface area contributed by atoms with Gasteiger partial charge in [-0.2, -0.15) is 0 Å². The van der Waals surface area contributed by atoms with E-state index in [0.717, 1.165) is 27.5 Å². The van der Waals surface area contributed by atoms with E-state index >= 15 is 0 Å². The average Bonchev–Trinajstić information content (AvgIpc) is 2.37. The first-order chi connectivity index (χ1) is 8.75. The number of nitrogens with zero attached hydrogens (tertiary/aromatic N) is 1. The summed E-state index contributed by atoms with van der Waals surface area (Å²) in [6.45, 7) is 0.761. The summed E-state index contributed by atoms with van der Waals surface area (Å²) in [5.74, 6) is 0.645. The highest BCUT2D eigenvalue weighted by Crippen LogP contribution is 2.24. The molecule has 2 aromatic rings. The Kier molecular flexibility index (Phi) is 5.01. The first-order valence-electron chi connectivity index (χ1n) is 5.48. The summed E-state index contributed by atoms with van der Waals surface area (Å²) in [5, 5.41) is 4.14. The summed E-state index contributed by atoms with van der Waals surface area (Å²) in [5.41, 5.74) is 0.802. The molecule has 1 aromatic heterocycles. The van der Waals surface area contributed by atoms with Gasteiger partial charge in [0, 0.05) is 28.7 Å². The van der Waals surface area contributed by atoms with Gasteiger partial charge in [0.05, 0.1) is 0 Å². The number of rotatable bonds is 5. The summed E-state index contributed by atoms with van der Waals surface area (Å²) in [6, 6.07) is 10.3. The van der Waals surface area contributed by atoms with Crippen LogP contribution in [0.4, 0.5) is 10.1 Å². The first-order valence-corrected chi connectivity index (χ1v) is 7.26. The SMILES string of the molecule is Fc1cccc(NCCSc2ncccc2Br)c1. The summed E-state index contributed by atoms with van der Waals surface area (Å²) in [4.78, 5) is 4.27. The number of thioether (sulfide) groups is 1. The van der Waals surface area contributed by atoms with Gasteiger partial charge < -0.3 is 5.32 Å². The maximum absolute atomic E-state index is 12.9. The molecule has 0 aliphatic carbocycles. The van der Waals surface area contributed by atoms with Gasteiger partial charge in [0.15, 0.2) is 0 Å². The molecule has 18 heavy (non-hydrogen) atoms. The number of benzene rings is 1. The van der Waals surface area contributed by atoms with Crippen LogP contribution in [0.3, 0.4) is 0 Å². The Balaban J connectivity index is 1.78. The number of pyridine rings is 1. The van der Waals surface area contributed by atoms with E-state index in [1.807, 2.05) is 18.2 Å². The minimum Gasteiger partial charge on any atom is -0.384 e. The molecule has 5 heteroatoms. The van der Waals surface area contributed by atoms with Crippen LogP contribution in [0.25, 0.3) is 0 Å². The Hall–Kier alpha value is -1.07. The summed E-state index contributed by atoms with van der Waals surface area (Å²) >= 11 is 5.11. The highest BCUT2D eigenvalue weighted by atomic mass is 79.9. The molecule has 1 heterocycles. The second kappa shape index (κ2) is 6.75.